The predicted molar refractivity (Wildman–Crippen MR) is 150 cm³/mol. The van der Waals surface area contributed by atoms with Gasteiger partial charge in [-0.2, -0.15) is 22.6 Å². The molecule has 3 heterocycles. The van der Waals surface area contributed by atoms with Crippen molar-refractivity contribution >= 4 is 33.0 Å². The summed E-state index contributed by atoms with van der Waals surface area (Å²) >= 11 is 0. The zero-order valence-electron chi connectivity index (χ0n) is 23.5. The van der Waals surface area contributed by atoms with Gasteiger partial charge >= 0.3 is 6.18 Å². The van der Waals surface area contributed by atoms with Crippen LogP contribution in [0.3, 0.4) is 0 Å². The Kier molecular flexibility index (Phi) is 8.92. The highest BCUT2D eigenvalue weighted by Crippen LogP contribution is 2.34. The van der Waals surface area contributed by atoms with Gasteiger partial charge in [0.2, 0.25) is 5.92 Å². The van der Waals surface area contributed by atoms with Crippen molar-refractivity contribution in [1.29, 1.82) is 0 Å². The number of hydrogen-bond acceptors (Lipinski definition) is 7. The average molecular weight is 628 g/mol. The largest absolute Gasteiger partial charge is 0.412 e. The topological polar surface area (TPSA) is 136 Å². The van der Waals surface area contributed by atoms with Crippen LogP contribution in [-0.2, 0) is 21.6 Å². The predicted octanol–water partition coefficient (Wildman–Crippen LogP) is 4.54. The fraction of sp³-hybridized carbons (Fsp3) is 0.407. The normalized spacial score (nSPS) is 17.5. The van der Waals surface area contributed by atoms with Gasteiger partial charge in [0.05, 0.1) is 21.5 Å². The number of nitrogens with zero attached hydrogens (tertiary/aromatic N) is 5. The average Bonchev–Trinajstić information content (AvgIpc) is 3.26. The molecule has 2 aromatic heterocycles. The third-order valence-corrected chi connectivity index (χ3v) is 8.65. The van der Waals surface area contributed by atoms with Crippen LogP contribution in [0.15, 0.2) is 52.1 Å². The van der Waals surface area contributed by atoms with Crippen LogP contribution in [0.5, 0.6) is 0 Å². The molecule has 0 aliphatic carbocycles. The van der Waals surface area contributed by atoms with Crippen molar-refractivity contribution in [3.63, 3.8) is 0 Å². The summed E-state index contributed by atoms with van der Waals surface area (Å²) < 4.78 is 84.7. The smallest absolute Gasteiger partial charge is 0.356 e. The summed E-state index contributed by atoms with van der Waals surface area (Å²) in [5, 5.41) is 6.83. The number of carbonyl (C=O) groups is 2. The van der Waals surface area contributed by atoms with Crippen LogP contribution in [0.1, 0.15) is 35.2 Å². The number of alkyl halides is 5. The second kappa shape index (κ2) is 12.0. The van der Waals surface area contributed by atoms with Gasteiger partial charge in [-0.05, 0) is 37.1 Å². The van der Waals surface area contributed by atoms with Crippen LogP contribution >= 0.6 is 0 Å². The molecule has 2 atom stereocenters. The number of carbonyl (C=O) groups excluding carboxylic acids is 2. The highest BCUT2D eigenvalue weighted by Gasteiger charge is 2.42. The van der Waals surface area contributed by atoms with Gasteiger partial charge in [-0.15, -0.1) is 0 Å². The van der Waals surface area contributed by atoms with Gasteiger partial charge in [0, 0.05) is 73.3 Å². The molecule has 3 N–H and O–H groups in total. The Morgan fingerprint density at radius 1 is 1.19 bits per heavy atom. The van der Waals surface area contributed by atoms with Crippen LogP contribution in [-0.4, -0.2) is 68.3 Å². The van der Waals surface area contributed by atoms with E-state index in [1.54, 1.807) is 42.1 Å². The number of anilines is 2. The van der Waals surface area contributed by atoms with E-state index in [1.165, 1.54) is 24.3 Å². The van der Waals surface area contributed by atoms with Crippen molar-refractivity contribution in [2.45, 2.75) is 49.2 Å². The Hall–Kier alpha value is -3.92. The molecule has 43 heavy (non-hydrogen) atoms. The minimum absolute atomic E-state index is 0.0328. The van der Waals surface area contributed by atoms with Gasteiger partial charge in [0.1, 0.15) is 5.82 Å². The quantitative estimate of drug-likeness (QED) is 0.383. The van der Waals surface area contributed by atoms with Gasteiger partial charge in [0.25, 0.3) is 11.8 Å². The van der Waals surface area contributed by atoms with Gasteiger partial charge < -0.3 is 16.0 Å². The van der Waals surface area contributed by atoms with E-state index < -0.39 is 46.1 Å². The lowest BCUT2D eigenvalue weighted by Gasteiger charge is -2.26. The summed E-state index contributed by atoms with van der Waals surface area (Å²) in [6.07, 6.45) is 0.277. The molecular formula is C27H30F5N7O3S. The molecule has 3 aromatic rings. The Morgan fingerprint density at radius 3 is 2.56 bits per heavy atom. The van der Waals surface area contributed by atoms with Gasteiger partial charge in [-0.1, -0.05) is 6.07 Å². The first-order valence-electron chi connectivity index (χ1n) is 13.1. The minimum Gasteiger partial charge on any atom is -0.356 e. The third-order valence-electron chi connectivity index (χ3n) is 6.99. The fourth-order valence-electron chi connectivity index (χ4n) is 4.65. The van der Waals surface area contributed by atoms with Gasteiger partial charge in [-0.3, -0.25) is 14.3 Å². The number of pyridine rings is 1. The van der Waals surface area contributed by atoms with E-state index in [0.29, 0.717) is 16.7 Å². The van der Waals surface area contributed by atoms with Gasteiger partial charge in [0.15, 0.2) is 6.04 Å². The zero-order chi connectivity index (χ0) is 31.7. The Labute approximate surface area is 244 Å². The Bertz CT molecular complexity index is 1660. The van der Waals surface area contributed by atoms with Crippen molar-refractivity contribution < 1.29 is 35.8 Å². The fourth-order valence-corrected chi connectivity index (χ4v) is 5.89. The number of amides is 2. The van der Waals surface area contributed by atoms with Crippen LogP contribution in [0.25, 0.3) is 11.1 Å². The number of hydrogen-bond donors (Lipinski definition) is 2. The number of nitrogens with two attached hydrogens (primary N) is 1. The maximum Gasteiger partial charge on any atom is 0.412 e. The number of benzene rings is 1. The second-order valence-corrected chi connectivity index (χ2v) is 12.6. The summed E-state index contributed by atoms with van der Waals surface area (Å²) in [5.41, 5.74) is 6.88. The maximum absolute atomic E-state index is 14.1. The van der Waals surface area contributed by atoms with E-state index >= 15 is 0 Å². The van der Waals surface area contributed by atoms with E-state index in [1.807, 2.05) is 0 Å². The number of nitrogens with one attached hydrogen (secondary N) is 1. The lowest BCUT2D eigenvalue weighted by atomic mass is 9.99. The molecule has 232 valence electrons. The van der Waals surface area contributed by atoms with Crippen LogP contribution in [0, 0.1) is 6.92 Å². The van der Waals surface area contributed by atoms with E-state index in [4.69, 9.17) is 5.73 Å². The monoisotopic (exact) mass is 627 g/mol. The van der Waals surface area contributed by atoms with E-state index in [0.717, 1.165) is 6.26 Å². The van der Waals surface area contributed by atoms with Crippen LogP contribution in [0.4, 0.5) is 33.5 Å². The van der Waals surface area contributed by atoms with Gasteiger partial charge in [-0.25, -0.2) is 18.0 Å². The molecule has 0 radical (unpaired) electrons. The van der Waals surface area contributed by atoms with Crippen molar-refractivity contribution in [3.8, 4) is 11.1 Å². The molecule has 2 amide bonds. The molecule has 1 aromatic carbocycles. The molecule has 1 aliphatic rings. The number of aromatic nitrogens is 3. The molecule has 1 aliphatic heterocycles. The molecule has 10 nitrogen and oxygen atoms in total. The van der Waals surface area contributed by atoms with Crippen molar-refractivity contribution in [1.82, 2.24) is 14.8 Å². The first kappa shape index (κ1) is 32.0. The number of halogens is 5. The SMILES string of the molecule is Cc1c(-c2cnn(C)c2)cnc(N2CCCC(F)(F)CC2)c1C(=O)Nc1cccc([S@@](C)(=O)=NC(=O)C(N)C(F)(F)F)c1. The molecule has 1 fully saturated rings. The molecule has 4 rings (SSSR count). The first-order valence-corrected chi connectivity index (χ1v) is 15.0. The summed E-state index contributed by atoms with van der Waals surface area (Å²) in [5.74, 6) is -5.09. The van der Waals surface area contributed by atoms with E-state index in [2.05, 4.69) is 19.8 Å². The third kappa shape index (κ3) is 7.36. The number of rotatable bonds is 6. The zero-order valence-corrected chi connectivity index (χ0v) is 24.3. The molecule has 16 heteroatoms. The Morgan fingerprint density at radius 2 is 1.91 bits per heavy atom. The molecular weight excluding hydrogens is 597 g/mol. The lowest BCUT2D eigenvalue weighted by Crippen LogP contribution is -2.43. The minimum atomic E-state index is -5.07. The Balaban J connectivity index is 1.72. The van der Waals surface area contributed by atoms with Crippen molar-refractivity contribution in [3.05, 3.63) is 54.0 Å². The van der Waals surface area contributed by atoms with E-state index in [-0.39, 0.29) is 47.9 Å². The summed E-state index contributed by atoms with van der Waals surface area (Å²) in [7, 11) is -1.96. The van der Waals surface area contributed by atoms with Crippen LogP contribution < -0.4 is 16.0 Å². The summed E-state index contributed by atoms with van der Waals surface area (Å²) in [4.78, 5) is 31.8. The standard InChI is InChI=1S/C27H30F5N7O3S/c1-16-20(17-13-35-38(2)15-17)14-34-23(39-10-5-8-26(28,29)9-11-39)21(16)24(40)36-18-6-4-7-19(12-18)43(3,42)37-25(41)22(33)27(30,31)32/h4,6-7,12-15,22H,5,8-11,33H2,1-3H3,(H,36,40)/t22?,43-/m1/s1. The van der Waals surface area contributed by atoms with E-state index in [9.17, 15) is 35.8 Å². The summed E-state index contributed by atoms with van der Waals surface area (Å²) in [6.45, 7) is 1.91. The molecule has 1 saturated heterocycles. The van der Waals surface area contributed by atoms with Crippen molar-refractivity contribution in [2.75, 3.05) is 29.6 Å². The molecule has 1 unspecified atom stereocenters. The lowest BCUT2D eigenvalue weighted by molar-refractivity contribution is -0.160. The number of aryl methyl sites for hydroxylation is 1. The van der Waals surface area contributed by atoms with Crippen molar-refractivity contribution in [2.24, 2.45) is 17.1 Å². The molecule has 0 bridgehead atoms. The first-order chi connectivity index (χ1) is 20.0. The summed E-state index contributed by atoms with van der Waals surface area (Å²) in [6, 6.07) is 2.39. The highest BCUT2D eigenvalue weighted by molar-refractivity contribution is 7.93. The van der Waals surface area contributed by atoms with Crippen LogP contribution in [0.2, 0.25) is 0 Å². The maximum atomic E-state index is 14.1. The molecule has 0 spiro atoms. The second-order valence-electron chi connectivity index (χ2n) is 10.3. The highest BCUT2D eigenvalue weighted by atomic mass is 32.2. The molecule has 0 saturated carbocycles.